The van der Waals surface area contributed by atoms with E-state index < -0.39 is 0 Å². The molecule has 1 aromatic heterocycles. The van der Waals surface area contributed by atoms with Gasteiger partial charge in [-0.05, 0) is 43.4 Å². The first kappa shape index (κ1) is 21.7. The summed E-state index contributed by atoms with van der Waals surface area (Å²) in [5, 5.41) is 12.5. The third-order valence-corrected chi connectivity index (χ3v) is 6.29. The van der Waals surface area contributed by atoms with Gasteiger partial charge < -0.3 is 14.6 Å². The maximum absolute atomic E-state index is 12.3. The largest absolute Gasteiger partial charge is 0.486 e. The Hall–Kier alpha value is -2.02. The average molecular weight is 417 g/mol. The fourth-order valence-electron chi connectivity index (χ4n) is 3.59. The van der Waals surface area contributed by atoms with E-state index in [1.54, 1.807) is 0 Å². The number of rotatable bonds is 9. The van der Waals surface area contributed by atoms with Gasteiger partial charge in [-0.15, -0.1) is 10.2 Å². The van der Waals surface area contributed by atoms with Gasteiger partial charge in [-0.1, -0.05) is 57.0 Å². The maximum atomic E-state index is 12.3. The molecule has 29 heavy (non-hydrogen) atoms. The Morgan fingerprint density at radius 1 is 1.21 bits per heavy atom. The molecule has 1 aromatic carbocycles. The van der Waals surface area contributed by atoms with Gasteiger partial charge in [-0.25, -0.2) is 0 Å². The Bertz CT molecular complexity index is 783. The number of nitrogens with one attached hydrogen (secondary N) is 1. The molecular weight excluding hydrogens is 384 g/mol. The molecule has 0 spiro atoms. The molecule has 0 radical (unpaired) electrons. The first-order valence-corrected chi connectivity index (χ1v) is 11.6. The lowest BCUT2D eigenvalue weighted by atomic mass is 9.95. The normalized spacial score (nSPS) is 14.9. The quantitative estimate of drug-likeness (QED) is 0.608. The molecule has 1 fully saturated rings. The topological polar surface area (TPSA) is 69.0 Å². The van der Waals surface area contributed by atoms with Crippen LogP contribution in [0.15, 0.2) is 29.4 Å². The van der Waals surface area contributed by atoms with Crippen LogP contribution in [0.25, 0.3) is 0 Å². The minimum Gasteiger partial charge on any atom is -0.486 e. The summed E-state index contributed by atoms with van der Waals surface area (Å²) in [5.41, 5.74) is 1.29. The Morgan fingerprint density at radius 2 is 1.93 bits per heavy atom. The molecule has 0 atom stereocenters. The zero-order valence-corrected chi connectivity index (χ0v) is 18.5. The number of aromatic nitrogens is 3. The van der Waals surface area contributed by atoms with Crippen LogP contribution >= 0.6 is 11.8 Å². The second-order valence-corrected chi connectivity index (χ2v) is 8.79. The van der Waals surface area contributed by atoms with E-state index in [4.69, 9.17) is 4.74 Å². The fraction of sp³-hybridized carbons (Fsp3) is 0.591. The van der Waals surface area contributed by atoms with E-state index in [2.05, 4.69) is 48.4 Å². The molecule has 6 nitrogen and oxygen atoms in total. The van der Waals surface area contributed by atoms with E-state index in [9.17, 15) is 4.79 Å². The van der Waals surface area contributed by atoms with Gasteiger partial charge in [0, 0.05) is 12.6 Å². The molecule has 1 heterocycles. The Balaban J connectivity index is 1.51. The lowest BCUT2D eigenvalue weighted by Crippen LogP contribution is -2.37. The van der Waals surface area contributed by atoms with Gasteiger partial charge in [-0.3, -0.25) is 4.79 Å². The number of benzene rings is 1. The smallest absolute Gasteiger partial charge is 0.230 e. The highest BCUT2D eigenvalue weighted by atomic mass is 32.2. The van der Waals surface area contributed by atoms with Crippen molar-refractivity contribution >= 4 is 17.7 Å². The molecule has 0 aliphatic heterocycles. The van der Waals surface area contributed by atoms with Gasteiger partial charge >= 0.3 is 0 Å². The van der Waals surface area contributed by atoms with Crippen LogP contribution in [0.5, 0.6) is 5.75 Å². The third kappa shape index (κ3) is 6.23. The number of nitrogens with zero attached hydrogens (tertiary/aromatic N) is 3. The van der Waals surface area contributed by atoms with Gasteiger partial charge in [0.1, 0.15) is 12.4 Å². The number of carbonyl (C=O) groups is 1. The minimum absolute atomic E-state index is 0.0793. The Kier molecular flexibility index (Phi) is 7.98. The van der Waals surface area contributed by atoms with E-state index >= 15 is 0 Å². The zero-order valence-electron chi connectivity index (χ0n) is 17.7. The molecule has 7 heteroatoms. The van der Waals surface area contributed by atoms with Crippen LogP contribution in [0.4, 0.5) is 0 Å². The van der Waals surface area contributed by atoms with E-state index in [-0.39, 0.29) is 5.91 Å². The molecule has 1 saturated carbocycles. The molecule has 0 unspecified atom stereocenters. The van der Waals surface area contributed by atoms with Crippen molar-refractivity contribution in [3.05, 3.63) is 35.7 Å². The monoisotopic (exact) mass is 416 g/mol. The zero-order chi connectivity index (χ0) is 20.6. The molecule has 2 aromatic rings. The standard InChI is InChI=1S/C22H32N4O2S/c1-4-26-20(14-28-19-12-10-17(11-13-19)16(2)3)24-25-22(26)29-15-21(27)23-18-8-6-5-7-9-18/h10-13,16,18H,4-9,14-15H2,1-3H3,(H,23,27). The highest BCUT2D eigenvalue weighted by molar-refractivity contribution is 7.99. The molecular formula is C22H32N4O2S. The summed E-state index contributed by atoms with van der Waals surface area (Å²) in [6.45, 7) is 7.50. The third-order valence-electron chi connectivity index (χ3n) is 5.33. The fourth-order valence-corrected chi connectivity index (χ4v) is 4.43. The van der Waals surface area contributed by atoms with Crippen molar-refractivity contribution in [1.82, 2.24) is 20.1 Å². The number of hydrogen-bond donors (Lipinski definition) is 1. The lowest BCUT2D eigenvalue weighted by Gasteiger charge is -2.22. The van der Waals surface area contributed by atoms with E-state index in [1.807, 2.05) is 16.7 Å². The van der Waals surface area contributed by atoms with Gasteiger partial charge in [0.25, 0.3) is 0 Å². The molecule has 0 bridgehead atoms. The second-order valence-electron chi connectivity index (χ2n) is 7.85. The summed E-state index contributed by atoms with van der Waals surface area (Å²) in [7, 11) is 0. The molecule has 1 N–H and O–H groups in total. The van der Waals surface area contributed by atoms with E-state index in [0.29, 0.717) is 24.3 Å². The Morgan fingerprint density at radius 3 is 2.59 bits per heavy atom. The van der Waals surface area contributed by atoms with Crippen molar-refractivity contribution in [2.24, 2.45) is 0 Å². The SMILES string of the molecule is CCn1c(COc2ccc(C(C)C)cc2)nnc1SCC(=O)NC1CCCCC1. The van der Waals surface area contributed by atoms with Crippen molar-refractivity contribution in [1.29, 1.82) is 0 Å². The van der Waals surface area contributed by atoms with Crippen molar-refractivity contribution in [2.75, 3.05) is 5.75 Å². The Labute approximate surface area is 177 Å². The summed E-state index contributed by atoms with van der Waals surface area (Å²) in [6, 6.07) is 8.51. The minimum atomic E-state index is 0.0793. The molecule has 3 rings (SSSR count). The maximum Gasteiger partial charge on any atom is 0.230 e. The highest BCUT2D eigenvalue weighted by Crippen LogP contribution is 2.22. The van der Waals surface area contributed by atoms with E-state index in [1.165, 1.54) is 36.6 Å². The summed E-state index contributed by atoms with van der Waals surface area (Å²) in [4.78, 5) is 12.3. The molecule has 1 amide bonds. The second kappa shape index (κ2) is 10.7. The van der Waals surface area contributed by atoms with Crippen LogP contribution in [-0.4, -0.2) is 32.5 Å². The van der Waals surface area contributed by atoms with E-state index in [0.717, 1.165) is 36.1 Å². The van der Waals surface area contributed by atoms with Crippen LogP contribution < -0.4 is 10.1 Å². The van der Waals surface area contributed by atoms with Gasteiger partial charge in [0.2, 0.25) is 5.91 Å². The summed E-state index contributed by atoms with van der Waals surface area (Å²) in [6.07, 6.45) is 5.91. The van der Waals surface area contributed by atoms with Crippen molar-refractivity contribution < 1.29 is 9.53 Å². The molecule has 0 saturated heterocycles. The van der Waals surface area contributed by atoms with Crippen LogP contribution in [0, 0.1) is 0 Å². The number of hydrogen-bond acceptors (Lipinski definition) is 5. The van der Waals surface area contributed by atoms with Crippen LogP contribution in [0.3, 0.4) is 0 Å². The van der Waals surface area contributed by atoms with Crippen molar-refractivity contribution in [3.8, 4) is 5.75 Å². The van der Waals surface area contributed by atoms with Gasteiger partial charge in [-0.2, -0.15) is 0 Å². The molecule has 1 aliphatic rings. The first-order valence-electron chi connectivity index (χ1n) is 10.6. The van der Waals surface area contributed by atoms with Crippen LogP contribution in [0.1, 0.15) is 70.2 Å². The van der Waals surface area contributed by atoms with Crippen LogP contribution in [0.2, 0.25) is 0 Å². The lowest BCUT2D eigenvalue weighted by molar-refractivity contribution is -0.119. The van der Waals surface area contributed by atoms with Crippen molar-refractivity contribution in [2.45, 2.75) is 83.1 Å². The van der Waals surface area contributed by atoms with Crippen molar-refractivity contribution in [3.63, 3.8) is 0 Å². The first-order chi connectivity index (χ1) is 14.1. The van der Waals surface area contributed by atoms with Gasteiger partial charge in [0.05, 0.1) is 5.75 Å². The van der Waals surface area contributed by atoms with Gasteiger partial charge in [0.15, 0.2) is 11.0 Å². The highest BCUT2D eigenvalue weighted by Gasteiger charge is 2.17. The molecule has 1 aliphatic carbocycles. The van der Waals surface area contributed by atoms with Crippen LogP contribution in [-0.2, 0) is 17.9 Å². The predicted molar refractivity (Wildman–Crippen MR) is 116 cm³/mol. The predicted octanol–water partition coefficient (Wildman–Crippen LogP) is 4.54. The number of ether oxygens (including phenoxy) is 1. The summed E-state index contributed by atoms with van der Waals surface area (Å²) in [5.74, 6) is 2.54. The number of thioether (sulfide) groups is 1. The number of carbonyl (C=O) groups excluding carboxylic acids is 1. The number of amides is 1. The molecule has 158 valence electrons. The summed E-state index contributed by atoms with van der Waals surface area (Å²) >= 11 is 1.44. The average Bonchev–Trinajstić information content (AvgIpc) is 3.13. The summed E-state index contributed by atoms with van der Waals surface area (Å²) < 4.78 is 7.91.